The molecule has 0 spiro atoms. The Hall–Kier alpha value is -1.26. The molecule has 0 unspecified atom stereocenters. The van der Waals surface area contributed by atoms with Crippen LogP contribution in [0.25, 0.3) is 0 Å². The Morgan fingerprint density at radius 1 is 1.47 bits per heavy atom. The van der Waals surface area contributed by atoms with Crippen molar-refractivity contribution >= 4 is 23.2 Å². The third-order valence-electron chi connectivity index (χ3n) is 2.15. The van der Waals surface area contributed by atoms with Gasteiger partial charge in [0, 0.05) is 5.69 Å². The van der Waals surface area contributed by atoms with Crippen molar-refractivity contribution in [3.63, 3.8) is 0 Å². The third kappa shape index (κ3) is 4.63. The number of benzene rings is 1. The summed E-state index contributed by atoms with van der Waals surface area (Å²) in [7, 11) is 1.55. The van der Waals surface area contributed by atoms with Crippen LogP contribution in [0.1, 0.15) is 13.3 Å². The normalized spacial score (nSPS) is 10.1. The highest BCUT2D eigenvalue weighted by atomic mass is 35.5. The van der Waals surface area contributed by atoms with E-state index in [0.717, 1.165) is 13.0 Å². The van der Waals surface area contributed by atoms with Crippen LogP contribution in [0.15, 0.2) is 18.2 Å². The lowest BCUT2D eigenvalue weighted by molar-refractivity contribution is -0.115. The molecule has 1 aromatic carbocycles. The van der Waals surface area contributed by atoms with Gasteiger partial charge in [-0.1, -0.05) is 18.5 Å². The second-order valence-electron chi connectivity index (χ2n) is 3.57. The summed E-state index contributed by atoms with van der Waals surface area (Å²) in [4.78, 5) is 11.5. The number of amides is 1. The van der Waals surface area contributed by atoms with Gasteiger partial charge in [0.15, 0.2) is 0 Å². The Kier molecular flexibility index (Phi) is 5.80. The van der Waals surface area contributed by atoms with Crippen LogP contribution in [-0.4, -0.2) is 26.1 Å². The van der Waals surface area contributed by atoms with E-state index in [1.807, 2.05) is 6.92 Å². The summed E-state index contributed by atoms with van der Waals surface area (Å²) in [5.74, 6) is 0.508. The molecular formula is C12H17ClN2O2. The summed E-state index contributed by atoms with van der Waals surface area (Å²) < 4.78 is 5.03. The van der Waals surface area contributed by atoms with Gasteiger partial charge in [-0.25, -0.2) is 0 Å². The average Bonchev–Trinajstić information content (AvgIpc) is 2.29. The van der Waals surface area contributed by atoms with Gasteiger partial charge in [0.2, 0.25) is 5.91 Å². The van der Waals surface area contributed by atoms with E-state index >= 15 is 0 Å². The second kappa shape index (κ2) is 7.14. The lowest BCUT2D eigenvalue weighted by Crippen LogP contribution is -2.28. The minimum atomic E-state index is -0.0836. The molecule has 17 heavy (non-hydrogen) atoms. The molecule has 2 N–H and O–H groups in total. The van der Waals surface area contributed by atoms with Crippen LogP contribution in [-0.2, 0) is 4.79 Å². The average molecular weight is 257 g/mol. The topological polar surface area (TPSA) is 50.4 Å². The summed E-state index contributed by atoms with van der Waals surface area (Å²) in [6.45, 7) is 3.18. The molecule has 0 aliphatic heterocycles. The summed E-state index contributed by atoms with van der Waals surface area (Å²) in [5.41, 5.74) is 0.666. The van der Waals surface area contributed by atoms with Crippen molar-refractivity contribution in [3.8, 4) is 5.75 Å². The zero-order valence-electron chi connectivity index (χ0n) is 10.0. The largest absolute Gasteiger partial charge is 0.495 e. The number of methoxy groups -OCH3 is 1. The van der Waals surface area contributed by atoms with E-state index in [4.69, 9.17) is 16.3 Å². The molecule has 0 aliphatic rings. The highest BCUT2D eigenvalue weighted by molar-refractivity contribution is 6.32. The third-order valence-corrected chi connectivity index (χ3v) is 2.44. The first-order chi connectivity index (χ1) is 8.17. The van der Waals surface area contributed by atoms with Crippen LogP contribution in [0.4, 0.5) is 5.69 Å². The Morgan fingerprint density at radius 2 is 2.24 bits per heavy atom. The van der Waals surface area contributed by atoms with Crippen LogP contribution < -0.4 is 15.4 Å². The molecule has 0 bridgehead atoms. The predicted molar refractivity (Wildman–Crippen MR) is 69.8 cm³/mol. The molecule has 0 heterocycles. The first kappa shape index (κ1) is 13.8. The maximum absolute atomic E-state index is 11.5. The zero-order chi connectivity index (χ0) is 12.7. The van der Waals surface area contributed by atoms with Crippen LogP contribution in [0.2, 0.25) is 5.02 Å². The van der Waals surface area contributed by atoms with Crippen molar-refractivity contribution < 1.29 is 9.53 Å². The number of carbonyl (C=O) groups excluding carboxylic acids is 1. The van der Waals surface area contributed by atoms with Gasteiger partial charge in [0.25, 0.3) is 0 Å². The number of nitrogens with one attached hydrogen (secondary N) is 2. The van der Waals surface area contributed by atoms with E-state index in [9.17, 15) is 4.79 Å². The molecular weight excluding hydrogens is 240 g/mol. The number of halogens is 1. The molecule has 0 saturated carbocycles. The van der Waals surface area contributed by atoms with Crippen molar-refractivity contribution in [1.29, 1.82) is 0 Å². The quantitative estimate of drug-likeness (QED) is 0.768. The van der Waals surface area contributed by atoms with Crippen LogP contribution in [0.5, 0.6) is 5.75 Å². The van der Waals surface area contributed by atoms with Gasteiger partial charge < -0.3 is 15.4 Å². The number of hydrogen-bond acceptors (Lipinski definition) is 3. The lowest BCUT2D eigenvalue weighted by atomic mass is 10.3. The van der Waals surface area contributed by atoms with Crippen molar-refractivity contribution in [2.24, 2.45) is 0 Å². The molecule has 0 aliphatic carbocycles. The fourth-order valence-corrected chi connectivity index (χ4v) is 1.59. The number of rotatable bonds is 6. The minimum Gasteiger partial charge on any atom is -0.495 e. The van der Waals surface area contributed by atoms with E-state index < -0.39 is 0 Å². The summed E-state index contributed by atoms with van der Waals surface area (Å²) >= 11 is 5.95. The van der Waals surface area contributed by atoms with Gasteiger partial charge in [-0.15, -0.1) is 0 Å². The number of ether oxygens (including phenoxy) is 1. The van der Waals surface area contributed by atoms with Crippen molar-refractivity contribution in [2.75, 3.05) is 25.5 Å². The zero-order valence-corrected chi connectivity index (χ0v) is 10.8. The van der Waals surface area contributed by atoms with E-state index in [0.29, 0.717) is 23.0 Å². The molecule has 0 atom stereocenters. The van der Waals surface area contributed by atoms with Crippen molar-refractivity contribution in [2.45, 2.75) is 13.3 Å². The molecule has 94 valence electrons. The molecule has 1 amide bonds. The molecule has 1 rings (SSSR count). The van der Waals surface area contributed by atoms with Crippen LogP contribution in [0, 0.1) is 0 Å². The van der Waals surface area contributed by atoms with Crippen LogP contribution >= 0.6 is 11.6 Å². The van der Waals surface area contributed by atoms with Gasteiger partial charge in [-0.2, -0.15) is 0 Å². The van der Waals surface area contributed by atoms with Gasteiger partial charge in [0.1, 0.15) is 5.75 Å². The molecule has 5 heteroatoms. The standard InChI is InChI=1S/C12H17ClN2O2/c1-3-6-14-8-12(16)15-9-4-5-11(17-2)10(13)7-9/h4-5,7,14H,3,6,8H2,1-2H3,(H,15,16). The molecule has 4 nitrogen and oxygen atoms in total. The SMILES string of the molecule is CCCNCC(=O)Nc1ccc(OC)c(Cl)c1. The van der Waals surface area contributed by atoms with E-state index in [2.05, 4.69) is 10.6 Å². The summed E-state index contributed by atoms with van der Waals surface area (Å²) in [5, 5.41) is 6.25. The smallest absolute Gasteiger partial charge is 0.238 e. The van der Waals surface area contributed by atoms with Gasteiger partial charge in [-0.3, -0.25) is 4.79 Å². The Labute approximate surface area is 106 Å². The monoisotopic (exact) mass is 256 g/mol. The summed E-state index contributed by atoms with van der Waals surface area (Å²) in [6, 6.07) is 5.14. The Bertz CT molecular complexity index is 383. The predicted octanol–water partition coefficient (Wildman–Crippen LogP) is 2.29. The molecule has 0 radical (unpaired) electrons. The number of hydrogen-bond donors (Lipinski definition) is 2. The van der Waals surface area contributed by atoms with Gasteiger partial charge in [0.05, 0.1) is 18.7 Å². The lowest BCUT2D eigenvalue weighted by Gasteiger charge is -2.08. The second-order valence-corrected chi connectivity index (χ2v) is 3.98. The number of anilines is 1. The molecule has 0 aromatic heterocycles. The van der Waals surface area contributed by atoms with Crippen molar-refractivity contribution in [3.05, 3.63) is 23.2 Å². The van der Waals surface area contributed by atoms with Crippen molar-refractivity contribution in [1.82, 2.24) is 5.32 Å². The highest BCUT2D eigenvalue weighted by Gasteiger charge is 2.04. The van der Waals surface area contributed by atoms with E-state index in [1.165, 1.54) is 0 Å². The Balaban J connectivity index is 2.51. The molecule has 0 saturated heterocycles. The van der Waals surface area contributed by atoms with E-state index in [-0.39, 0.29) is 5.91 Å². The van der Waals surface area contributed by atoms with Gasteiger partial charge in [-0.05, 0) is 31.2 Å². The van der Waals surface area contributed by atoms with E-state index in [1.54, 1.807) is 25.3 Å². The fourth-order valence-electron chi connectivity index (χ4n) is 1.33. The molecule has 1 aromatic rings. The fraction of sp³-hybridized carbons (Fsp3) is 0.417. The number of carbonyl (C=O) groups is 1. The Morgan fingerprint density at radius 3 is 2.82 bits per heavy atom. The maximum Gasteiger partial charge on any atom is 0.238 e. The molecule has 0 fully saturated rings. The highest BCUT2D eigenvalue weighted by Crippen LogP contribution is 2.26. The van der Waals surface area contributed by atoms with Gasteiger partial charge >= 0.3 is 0 Å². The minimum absolute atomic E-state index is 0.0836. The first-order valence-corrected chi connectivity index (χ1v) is 5.89. The first-order valence-electron chi connectivity index (χ1n) is 5.51. The van der Waals surface area contributed by atoms with Crippen LogP contribution in [0.3, 0.4) is 0 Å². The summed E-state index contributed by atoms with van der Waals surface area (Å²) in [6.07, 6.45) is 1.00. The maximum atomic E-state index is 11.5.